The zero-order valence-corrected chi connectivity index (χ0v) is 18.4. The first-order valence-corrected chi connectivity index (χ1v) is 11.2. The minimum absolute atomic E-state index is 0.0335. The number of aryl methyl sites for hydroxylation is 1. The Hall–Kier alpha value is -3.01. The fourth-order valence-electron chi connectivity index (χ4n) is 3.33. The molecule has 0 spiro atoms. The van der Waals surface area contributed by atoms with Gasteiger partial charge in [-0.05, 0) is 23.8 Å². The number of aromatic nitrogens is 3. The molecule has 0 aliphatic carbocycles. The Labute approximate surface area is 187 Å². The van der Waals surface area contributed by atoms with E-state index in [1.807, 2.05) is 0 Å². The van der Waals surface area contributed by atoms with Crippen LogP contribution in [0.5, 0.6) is 0 Å². The number of sulfonamides is 1. The first-order valence-electron chi connectivity index (χ1n) is 8.96. The molecule has 4 rings (SSSR count). The Morgan fingerprint density at radius 1 is 1.16 bits per heavy atom. The van der Waals surface area contributed by atoms with Crippen molar-refractivity contribution in [2.75, 3.05) is 4.72 Å². The number of imidazole rings is 1. The molecule has 8 nitrogen and oxygen atoms in total. The van der Waals surface area contributed by atoms with Gasteiger partial charge in [0.25, 0.3) is 10.0 Å². The van der Waals surface area contributed by atoms with Crippen LogP contribution in [0.4, 0.5) is 5.69 Å². The first kappa shape index (κ1) is 21.2. The van der Waals surface area contributed by atoms with Crippen LogP contribution < -0.4 is 4.72 Å². The summed E-state index contributed by atoms with van der Waals surface area (Å²) in [5, 5.41) is 10.9. The van der Waals surface area contributed by atoms with E-state index in [2.05, 4.69) is 9.71 Å². The lowest BCUT2D eigenvalue weighted by Gasteiger charge is -2.11. The van der Waals surface area contributed by atoms with E-state index >= 15 is 0 Å². The van der Waals surface area contributed by atoms with Gasteiger partial charge in [0.2, 0.25) is 0 Å². The van der Waals surface area contributed by atoms with Crippen LogP contribution in [0.3, 0.4) is 0 Å². The Balaban J connectivity index is 1.89. The third-order valence-electron chi connectivity index (χ3n) is 4.69. The summed E-state index contributed by atoms with van der Waals surface area (Å²) in [5.41, 5.74) is 1.02. The molecule has 2 heterocycles. The second-order valence-corrected chi connectivity index (χ2v) is 9.31. The summed E-state index contributed by atoms with van der Waals surface area (Å²) >= 11 is 12.1. The summed E-state index contributed by atoms with van der Waals surface area (Å²) in [6.45, 7) is 0.143. The number of anilines is 1. The lowest BCUT2D eigenvalue weighted by molar-refractivity contribution is 0.0687. The molecular formula is C20H16Cl2N4O4S. The fraction of sp³-hybridized carbons (Fsp3) is 0.100. The molecule has 0 saturated heterocycles. The van der Waals surface area contributed by atoms with Crippen molar-refractivity contribution in [3.05, 3.63) is 76.3 Å². The van der Waals surface area contributed by atoms with Crippen molar-refractivity contribution in [2.45, 2.75) is 11.6 Å². The number of nitrogens with zero attached hydrogens (tertiary/aromatic N) is 3. The number of carbonyl (C=O) groups is 1. The number of hydrogen-bond donors (Lipinski definition) is 2. The molecule has 2 aromatic heterocycles. The summed E-state index contributed by atoms with van der Waals surface area (Å²) in [7, 11) is -2.47. The Morgan fingerprint density at radius 3 is 2.55 bits per heavy atom. The molecule has 2 aromatic carbocycles. The summed E-state index contributed by atoms with van der Waals surface area (Å²) in [4.78, 5) is 16.1. The monoisotopic (exact) mass is 478 g/mol. The van der Waals surface area contributed by atoms with Gasteiger partial charge < -0.3 is 14.2 Å². The Morgan fingerprint density at radius 2 is 1.90 bits per heavy atom. The number of rotatable bonds is 6. The predicted molar refractivity (Wildman–Crippen MR) is 118 cm³/mol. The summed E-state index contributed by atoms with van der Waals surface area (Å²) in [6.07, 6.45) is 2.68. The molecule has 160 valence electrons. The minimum Gasteiger partial charge on any atom is -0.477 e. The maximum atomic E-state index is 12.9. The largest absolute Gasteiger partial charge is 0.477 e. The van der Waals surface area contributed by atoms with Crippen molar-refractivity contribution in [3.8, 4) is 0 Å². The van der Waals surface area contributed by atoms with E-state index < -0.39 is 16.0 Å². The topological polar surface area (TPSA) is 106 Å². The van der Waals surface area contributed by atoms with E-state index in [0.29, 0.717) is 26.5 Å². The third-order valence-corrected chi connectivity index (χ3v) is 6.66. The van der Waals surface area contributed by atoms with Crippen LogP contribution in [-0.2, 0) is 23.6 Å². The number of nitrogens with one attached hydrogen (secondary N) is 1. The second-order valence-electron chi connectivity index (χ2n) is 6.86. The number of aromatic carboxylic acids is 1. The maximum Gasteiger partial charge on any atom is 0.354 e. The first-order chi connectivity index (χ1) is 14.7. The predicted octanol–water partition coefficient (Wildman–Crippen LogP) is 4.23. The summed E-state index contributed by atoms with van der Waals surface area (Å²) in [6, 6.07) is 11.8. The highest BCUT2D eigenvalue weighted by molar-refractivity contribution is 7.92. The molecule has 0 amide bonds. The SMILES string of the molecule is Cn1cnc(S(=O)(=O)Nc2c(C(=O)O)n(Cc3ccc(Cl)c(Cl)c3)c3ccccc23)c1. The molecule has 4 aromatic rings. The third kappa shape index (κ3) is 3.99. The fourth-order valence-corrected chi connectivity index (χ4v) is 4.72. The molecule has 0 aliphatic rings. The molecule has 2 N–H and O–H groups in total. The van der Waals surface area contributed by atoms with Crippen LogP contribution in [0, 0.1) is 0 Å². The highest BCUT2D eigenvalue weighted by atomic mass is 35.5. The normalized spacial score (nSPS) is 11.7. The van der Waals surface area contributed by atoms with Gasteiger partial charge in [-0.1, -0.05) is 47.5 Å². The van der Waals surface area contributed by atoms with Crippen LogP contribution in [0.15, 0.2) is 60.0 Å². The van der Waals surface area contributed by atoms with Gasteiger partial charge in [-0.25, -0.2) is 9.78 Å². The quantitative estimate of drug-likeness (QED) is 0.431. The van der Waals surface area contributed by atoms with E-state index in [4.69, 9.17) is 23.2 Å². The molecule has 0 unspecified atom stereocenters. The molecule has 0 radical (unpaired) electrons. The standard InChI is InChI=1S/C20H16Cl2N4O4S/c1-25-10-17(23-11-25)31(29,30)24-18-13-4-2-3-5-16(13)26(19(18)20(27)28)9-12-6-7-14(21)15(22)8-12/h2-8,10-11,24H,9H2,1H3,(H,27,28). The number of hydrogen-bond acceptors (Lipinski definition) is 4. The van der Waals surface area contributed by atoms with Crippen molar-refractivity contribution in [2.24, 2.45) is 7.05 Å². The van der Waals surface area contributed by atoms with Crippen molar-refractivity contribution >= 4 is 55.8 Å². The van der Waals surface area contributed by atoms with Gasteiger partial charge in [0.15, 0.2) is 10.7 Å². The molecule has 0 bridgehead atoms. The van der Waals surface area contributed by atoms with Gasteiger partial charge in [0.05, 0.1) is 27.6 Å². The molecule has 31 heavy (non-hydrogen) atoms. The van der Waals surface area contributed by atoms with Crippen molar-refractivity contribution in [1.82, 2.24) is 14.1 Å². The number of benzene rings is 2. The van der Waals surface area contributed by atoms with Gasteiger partial charge in [-0.15, -0.1) is 0 Å². The van der Waals surface area contributed by atoms with E-state index in [1.54, 1.807) is 49.5 Å². The summed E-state index contributed by atoms with van der Waals surface area (Å²) < 4.78 is 31.1. The highest BCUT2D eigenvalue weighted by Gasteiger charge is 2.27. The zero-order chi connectivity index (χ0) is 22.3. The zero-order valence-electron chi connectivity index (χ0n) is 16.1. The van der Waals surface area contributed by atoms with Gasteiger partial charge in [0, 0.05) is 25.2 Å². The number of carboxylic acids is 1. The number of para-hydroxylation sites is 1. The molecule has 0 fully saturated rings. The second kappa shape index (κ2) is 7.92. The van der Waals surface area contributed by atoms with E-state index in [0.717, 1.165) is 0 Å². The number of fused-ring (bicyclic) bond motifs is 1. The average Bonchev–Trinajstić information content (AvgIpc) is 3.28. The van der Waals surface area contributed by atoms with Gasteiger partial charge >= 0.3 is 5.97 Å². The average molecular weight is 479 g/mol. The lowest BCUT2D eigenvalue weighted by atomic mass is 10.2. The van der Waals surface area contributed by atoms with E-state index in [-0.39, 0.29) is 23.0 Å². The van der Waals surface area contributed by atoms with Crippen LogP contribution in [0.1, 0.15) is 16.1 Å². The molecular weight excluding hydrogens is 463 g/mol. The highest BCUT2D eigenvalue weighted by Crippen LogP contribution is 2.34. The van der Waals surface area contributed by atoms with Crippen LogP contribution in [-0.4, -0.2) is 33.6 Å². The Kier molecular flexibility index (Phi) is 5.42. The molecule has 0 atom stereocenters. The van der Waals surface area contributed by atoms with Gasteiger partial charge in [0.1, 0.15) is 0 Å². The minimum atomic E-state index is -4.11. The van der Waals surface area contributed by atoms with Crippen LogP contribution in [0.2, 0.25) is 10.0 Å². The van der Waals surface area contributed by atoms with Crippen molar-refractivity contribution in [1.29, 1.82) is 0 Å². The van der Waals surface area contributed by atoms with Gasteiger partial charge in [-0.3, -0.25) is 4.72 Å². The van der Waals surface area contributed by atoms with Gasteiger partial charge in [-0.2, -0.15) is 8.42 Å². The van der Waals surface area contributed by atoms with Crippen molar-refractivity contribution in [3.63, 3.8) is 0 Å². The smallest absolute Gasteiger partial charge is 0.354 e. The van der Waals surface area contributed by atoms with Crippen LogP contribution in [0.25, 0.3) is 10.9 Å². The van der Waals surface area contributed by atoms with Crippen LogP contribution >= 0.6 is 23.2 Å². The van der Waals surface area contributed by atoms with Crippen molar-refractivity contribution < 1.29 is 18.3 Å². The summed E-state index contributed by atoms with van der Waals surface area (Å²) in [5.74, 6) is -1.28. The molecule has 0 saturated carbocycles. The maximum absolute atomic E-state index is 12.9. The lowest BCUT2D eigenvalue weighted by Crippen LogP contribution is -2.17. The Bertz CT molecular complexity index is 1430. The van der Waals surface area contributed by atoms with E-state index in [9.17, 15) is 18.3 Å². The van der Waals surface area contributed by atoms with E-state index in [1.165, 1.54) is 21.7 Å². The number of carboxylic acid groups (broad SMARTS) is 1. The number of halogens is 2. The molecule has 11 heteroatoms. The molecule has 0 aliphatic heterocycles.